The highest BCUT2D eigenvalue weighted by Crippen LogP contribution is 2.29. The van der Waals surface area contributed by atoms with Gasteiger partial charge in [0.15, 0.2) is 5.82 Å². The van der Waals surface area contributed by atoms with Crippen LogP contribution in [-0.4, -0.2) is 20.6 Å². The minimum absolute atomic E-state index is 0.0630. The summed E-state index contributed by atoms with van der Waals surface area (Å²) in [6, 6.07) is 17.3. The average molecular weight is 450 g/mol. The Kier molecular flexibility index (Phi) is 5.70. The maximum atomic E-state index is 13.2. The number of para-hydroxylation sites is 1. The number of hydrogen-bond donors (Lipinski definition) is 0. The Bertz CT molecular complexity index is 1410. The molecule has 0 spiro atoms. The number of fused-ring (bicyclic) bond motifs is 1. The van der Waals surface area contributed by atoms with Crippen molar-refractivity contribution in [2.24, 2.45) is 0 Å². The van der Waals surface area contributed by atoms with Gasteiger partial charge in [-0.2, -0.15) is 0 Å². The third kappa shape index (κ3) is 3.95. The van der Waals surface area contributed by atoms with Gasteiger partial charge in [-0.1, -0.05) is 42.8 Å². The van der Waals surface area contributed by atoms with Crippen LogP contribution in [0.15, 0.2) is 71.5 Å². The van der Waals surface area contributed by atoms with E-state index < -0.39 is 16.5 Å². The molecule has 0 aliphatic heterocycles. The molecule has 9 heteroatoms. The molecule has 0 atom stereocenters. The fraction of sp³-hybridized carbons (Fsp3) is 0.0870. The van der Waals surface area contributed by atoms with Crippen LogP contribution in [0.2, 0.25) is 5.02 Å². The molecule has 4 rings (SSSR count). The van der Waals surface area contributed by atoms with E-state index in [0.717, 1.165) is 16.7 Å². The zero-order chi connectivity index (χ0) is 22.8. The number of carbonyl (C=O) groups excluding carboxylic acids is 1. The van der Waals surface area contributed by atoms with Crippen LogP contribution in [0.5, 0.6) is 0 Å². The number of carbonyl (C=O) groups is 1. The molecule has 0 aliphatic carbocycles. The summed E-state index contributed by atoms with van der Waals surface area (Å²) in [4.78, 5) is 46.5. The van der Waals surface area contributed by atoms with Crippen LogP contribution in [0.3, 0.4) is 0 Å². The topological polar surface area (TPSA) is 104 Å². The molecule has 1 aromatic heterocycles. The van der Waals surface area contributed by atoms with Crippen molar-refractivity contribution >= 4 is 34.2 Å². The molecule has 0 amide bonds. The summed E-state index contributed by atoms with van der Waals surface area (Å²) in [7, 11) is 0. The maximum Gasteiger partial charge on any atom is 0.363 e. The highest BCUT2D eigenvalue weighted by molar-refractivity contribution is 6.32. The SMILES string of the molecule is CCc1ccc(C(=O)On2c(-c3ccc(Cl)c([N+](=O)[O-])c3)nc3ccccc3c2=O)cc1. The van der Waals surface area contributed by atoms with Gasteiger partial charge in [-0.05, 0) is 48.4 Å². The quantitative estimate of drug-likeness (QED) is 0.329. The monoisotopic (exact) mass is 449 g/mol. The van der Waals surface area contributed by atoms with Gasteiger partial charge in [0.1, 0.15) is 5.02 Å². The van der Waals surface area contributed by atoms with Gasteiger partial charge >= 0.3 is 5.97 Å². The summed E-state index contributed by atoms with van der Waals surface area (Å²) >= 11 is 5.92. The van der Waals surface area contributed by atoms with Crippen LogP contribution >= 0.6 is 11.6 Å². The second-order valence-electron chi connectivity index (χ2n) is 6.90. The van der Waals surface area contributed by atoms with E-state index in [9.17, 15) is 19.7 Å². The number of hydrogen-bond acceptors (Lipinski definition) is 6. The van der Waals surface area contributed by atoms with Gasteiger partial charge in [0.25, 0.3) is 11.2 Å². The van der Waals surface area contributed by atoms with E-state index >= 15 is 0 Å². The Morgan fingerprint density at radius 2 is 1.84 bits per heavy atom. The highest BCUT2D eigenvalue weighted by Gasteiger charge is 2.21. The third-order valence-corrected chi connectivity index (χ3v) is 5.23. The number of rotatable bonds is 5. The lowest BCUT2D eigenvalue weighted by Gasteiger charge is -2.13. The lowest BCUT2D eigenvalue weighted by molar-refractivity contribution is -0.384. The number of nitro benzene ring substituents is 1. The summed E-state index contributed by atoms with van der Waals surface area (Å²) in [6.07, 6.45) is 0.808. The highest BCUT2D eigenvalue weighted by atomic mass is 35.5. The smallest absolute Gasteiger partial charge is 0.326 e. The molecule has 32 heavy (non-hydrogen) atoms. The largest absolute Gasteiger partial charge is 0.363 e. The average Bonchev–Trinajstić information content (AvgIpc) is 2.81. The van der Waals surface area contributed by atoms with Crippen LogP contribution in [0.25, 0.3) is 22.3 Å². The van der Waals surface area contributed by atoms with E-state index in [4.69, 9.17) is 16.4 Å². The van der Waals surface area contributed by atoms with Crippen molar-refractivity contribution in [3.8, 4) is 11.4 Å². The summed E-state index contributed by atoms with van der Waals surface area (Å²) in [5.74, 6) is -0.830. The molecule has 4 aromatic rings. The van der Waals surface area contributed by atoms with Gasteiger partial charge in [-0.15, -0.1) is 4.73 Å². The molecule has 0 N–H and O–H groups in total. The molecule has 0 fully saturated rings. The number of benzene rings is 3. The lowest BCUT2D eigenvalue weighted by Crippen LogP contribution is -2.33. The summed E-state index contributed by atoms with van der Waals surface area (Å²) in [5, 5.41) is 11.5. The van der Waals surface area contributed by atoms with E-state index in [1.807, 2.05) is 6.92 Å². The molecule has 0 saturated carbocycles. The molecule has 1 heterocycles. The Morgan fingerprint density at radius 3 is 2.53 bits per heavy atom. The first-order valence-corrected chi connectivity index (χ1v) is 10.0. The minimum Gasteiger partial charge on any atom is -0.326 e. The molecule has 0 radical (unpaired) electrons. The predicted molar refractivity (Wildman–Crippen MR) is 120 cm³/mol. The van der Waals surface area contributed by atoms with Gasteiger partial charge in [-0.25, -0.2) is 9.78 Å². The van der Waals surface area contributed by atoms with E-state index in [2.05, 4.69) is 4.98 Å². The summed E-state index contributed by atoms with van der Waals surface area (Å²) in [6.45, 7) is 1.99. The van der Waals surface area contributed by atoms with Crippen LogP contribution in [0, 0.1) is 10.1 Å². The van der Waals surface area contributed by atoms with E-state index in [1.54, 1.807) is 48.5 Å². The van der Waals surface area contributed by atoms with Crippen molar-refractivity contribution in [1.29, 1.82) is 0 Å². The van der Waals surface area contributed by atoms with Crippen molar-refractivity contribution in [1.82, 2.24) is 9.71 Å². The minimum atomic E-state index is -0.767. The van der Waals surface area contributed by atoms with Crippen molar-refractivity contribution < 1.29 is 14.6 Å². The molecule has 0 unspecified atom stereocenters. The third-order valence-electron chi connectivity index (χ3n) is 4.91. The molecule has 3 aromatic carbocycles. The molecule has 8 nitrogen and oxygen atoms in total. The molecular formula is C23H16ClN3O5. The fourth-order valence-electron chi connectivity index (χ4n) is 3.19. The first-order valence-electron chi connectivity index (χ1n) is 9.66. The zero-order valence-electron chi connectivity index (χ0n) is 16.8. The van der Waals surface area contributed by atoms with Crippen molar-refractivity contribution in [3.63, 3.8) is 0 Å². The number of nitrogens with zero attached hydrogens (tertiary/aromatic N) is 3. The standard InChI is InChI=1S/C23H16ClN3O5/c1-2-14-7-9-15(10-8-14)23(29)32-26-21(16-11-12-18(24)20(13-16)27(30)31)25-19-6-4-3-5-17(19)22(26)28/h3-13H,2H2,1H3. The lowest BCUT2D eigenvalue weighted by atomic mass is 10.1. The second-order valence-corrected chi connectivity index (χ2v) is 7.31. The van der Waals surface area contributed by atoms with Gasteiger partial charge < -0.3 is 4.84 Å². The number of aryl methyl sites for hydroxylation is 1. The van der Waals surface area contributed by atoms with Crippen molar-refractivity contribution in [3.05, 3.63) is 103 Å². The Balaban J connectivity index is 1.88. The second kappa shape index (κ2) is 8.60. The van der Waals surface area contributed by atoms with Gasteiger partial charge in [-0.3, -0.25) is 14.9 Å². The Hall–Kier alpha value is -4.04. The molecular weight excluding hydrogens is 434 g/mol. The summed E-state index contributed by atoms with van der Waals surface area (Å²) in [5.41, 5.74) is 0.847. The zero-order valence-corrected chi connectivity index (χ0v) is 17.6. The maximum absolute atomic E-state index is 13.2. The Labute approximate surface area is 186 Å². The van der Waals surface area contributed by atoms with Crippen LogP contribution in [0.4, 0.5) is 5.69 Å². The van der Waals surface area contributed by atoms with Gasteiger partial charge in [0, 0.05) is 11.6 Å². The molecule has 160 valence electrons. The van der Waals surface area contributed by atoms with Crippen LogP contribution in [-0.2, 0) is 6.42 Å². The van der Waals surface area contributed by atoms with Gasteiger partial charge in [0.2, 0.25) is 0 Å². The summed E-state index contributed by atoms with van der Waals surface area (Å²) < 4.78 is 0.755. The first kappa shape index (κ1) is 21.2. The normalized spacial score (nSPS) is 10.8. The van der Waals surface area contributed by atoms with E-state index in [0.29, 0.717) is 5.52 Å². The van der Waals surface area contributed by atoms with Crippen molar-refractivity contribution in [2.75, 3.05) is 0 Å². The Morgan fingerprint density at radius 1 is 1.12 bits per heavy atom. The predicted octanol–water partition coefficient (Wildman–Crippen LogP) is 4.46. The first-order chi connectivity index (χ1) is 15.4. The van der Waals surface area contributed by atoms with E-state index in [-0.39, 0.29) is 33.0 Å². The molecule has 0 aliphatic rings. The van der Waals surface area contributed by atoms with Crippen LogP contribution in [0.1, 0.15) is 22.8 Å². The van der Waals surface area contributed by atoms with Gasteiger partial charge in [0.05, 0.1) is 21.4 Å². The van der Waals surface area contributed by atoms with Crippen LogP contribution < -0.4 is 10.4 Å². The number of halogens is 1. The fourth-order valence-corrected chi connectivity index (χ4v) is 3.37. The number of aromatic nitrogens is 2. The van der Waals surface area contributed by atoms with E-state index in [1.165, 1.54) is 18.2 Å². The molecule has 0 saturated heterocycles. The molecule has 0 bridgehead atoms. The van der Waals surface area contributed by atoms with Crippen molar-refractivity contribution in [2.45, 2.75) is 13.3 Å². The number of nitro groups is 1.